The molecular formula is C14H13NO5. The minimum absolute atomic E-state index is 0.0167. The van der Waals surface area contributed by atoms with Crippen molar-refractivity contribution in [3.05, 3.63) is 64.1 Å². The fraction of sp³-hybridized carbons (Fsp3) is 0.143. The molecule has 0 saturated carbocycles. The van der Waals surface area contributed by atoms with E-state index < -0.39 is 11.5 Å². The number of carboxylic acid groups (broad SMARTS) is 1. The number of aromatic carboxylic acids is 1. The molecule has 1 aromatic heterocycles. The Morgan fingerprint density at radius 1 is 1.20 bits per heavy atom. The number of pyridine rings is 1. The van der Waals surface area contributed by atoms with Gasteiger partial charge in [0.1, 0.15) is 6.61 Å². The van der Waals surface area contributed by atoms with E-state index in [2.05, 4.69) is 0 Å². The monoisotopic (exact) mass is 275 g/mol. The summed E-state index contributed by atoms with van der Waals surface area (Å²) in [5.74, 6) is -1.24. The highest BCUT2D eigenvalue weighted by Gasteiger charge is 2.15. The molecule has 0 radical (unpaired) electrons. The van der Waals surface area contributed by atoms with E-state index in [1.807, 2.05) is 30.3 Å². The molecule has 0 fully saturated rings. The summed E-state index contributed by atoms with van der Waals surface area (Å²) in [6, 6.07) is 11.7. The summed E-state index contributed by atoms with van der Waals surface area (Å²) in [5.41, 5.74) is -0.0892. The van der Waals surface area contributed by atoms with Crippen molar-refractivity contribution in [2.75, 3.05) is 7.11 Å². The van der Waals surface area contributed by atoms with Crippen LogP contribution in [0, 0.1) is 0 Å². The zero-order valence-corrected chi connectivity index (χ0v) is 10.8. The standard InChI is InChI=1S/C14H13NO5/c1-19-12-8-7-11(14(17)18)15(13(12)16)20-9-10-5-3-2-4-6-10/h2-8H,9H2,1H3,(H,17,18). The maximum absolute atomic E-state index is 12.0. The van der Waals surface area contributed by atoms with Gasteiger partial charge in [-0.15, -0.1) is 4.73 Å². The average Bonchev–Trinajstić information content (AvgIpc) is 2.46. The fourth-order valence-corrected chi connectivity index (χ4v) is 1.66. The molecule has 0 aliphatic heterocycles. The molecule has 104 valence electrons. The van der Waals surface area contributed by atoms with Crippen molar-refractivity contribution in [3.63, 3.8) is 0 Å². The second-order valence-corrected chi connectivity index (χ2v) is 3.95. The van der Waals surface area contributed by atoms with Crippen LogP contribution in [0.25, 0.3) is 0 Å². The lowest BCUT2D eigenvalue weighted by molar-refractivity contribution is 0.0529. The number of carbonyl (C=O) groups is 1. The molecule has 6 nitrogen and oxygen atoms in total. The first kappa shape index (κ1) is 13.7. The molecule has 0 amide bonds. The van der Waals surface area contributed by atoms with Gasteiger partial charge in [0.2, 0.25) is 0 Å². The van der Waals surface area contributed by atoms with Crippen LogP contribution < -0.4 is 15.1 Å². The van der Waals surface area contributed by atoms with E-state index in [0.29, 0.717) is 0 Å². The number of carboxylic acids is 1. The molecule has 1 N–H and O–H groups in total. The summed E-state index contributed by atoms with van der Waals surface area (Å²) < 4.78 is 5.60. The maximum Gasteiger partial charge on any atom is 0.356 e. The lowest BCUT2D eigenvalue weighted by Gasteiger charge is -2.12. The number of ether oxygens (including phenoxy) is 1. The molecule has 0 atom stereocenters. The lowest BCUT2D eigenvalue weighted by Crippen LogP contribution is -2.32. The molecular weight excluding hydrogens is 262 g/mol. The molecule has 6 heteroatoms. The van der Waals surface area contributed by atoms with Gasteiger partial charge in [-0.25, -0.2) is 4.79 Å². The van der Waals surface area contributed by atoms with Gasteiger partial charge in [0.15, 0.2) is 11.4 Å². The first-order valence-electron chi connectivity index (χ1n) is 5.84. The molecule has 0 unspecified atom stereocenters. The molecule has 0 spiro atoms. The Balaban J connectivity index is 2.34. The molecule has 1 heterocycles. The van der Waals surface area contributed by atoms with E-state index in [1.165, 1.54) is 19.2 Å². The third-order valence-electron chi connectivity index (χ3n) is 2.65. The summed E-state index contributed by atoms with van der Waals surface area (Å²) in [6.45, 7) is 0.0776. The molecule has 0 bridgehead atoms. The number of hydrogen-bond acceptors (Lipinski definition) is 4. The summed E-state index contributed by atoms with van der Waals surface area (Å²) in [7, 11) is 1.33. The van der Waals surface area contributed by atoms with Gasteiger partial charge in [0, 0.05) is 0 Å². The number of aromatic nitrogens is 1. The topological polar surface area (TPSA) is 77.8 Å². The second-order valence-electron chi connectivity index (χ2n) is 3.95. The lowest BCUT2D eigenvalue weighted by atomic mass is 10.2. The van der Waals surface area contributed by atoms with Crippen molar-refractivity contribution in [2.45, 2.75) is 6.61 Å². The number of benzene rings is 1. The molecule has 2 aromatic rings. The van der Waals surface area contributed by atoms with Crippen LogP contribution >= 0.6 is 0 Å². The van der Waals surface area contributed by atoms with Gasteiger partial charge in [-0.3, -0.25) is 4.79 Å². The molecule has 0 aliphatic rings. The normalized spacial score (nSPS) is 10.1. The van der Waals surface area contributed by atoms with Gasteiger partial charge >= 0.3 is 11.5 Å². The van der Waals surface area contributed by atoms with Gasteiger partial charge in [-0.2, -0.15) is 0 Å². The summed E-state index contributed by atoms with van der Waals surface area (Å²) in [4.78, 5) is 28.4. The highest BCUT2D eigenvalue weighted by Crippen LogP contribution is 2.06. The van der Waals surface area contributed by atoms with Gasteiger partial charge in [0.25, 0.3) is 0 Å². The molecule has 0 aliphatic carbocycles. The molecule has 2 rings (SSSR count). The maximum atomic E-state index is 12.0. The fourth-order valence-electron chi connectivity index (χ4n) is 1.66. The smallest absolute Gasteiger partial charge is 0.356 e. The Morgan fingerprint density at radius 2 is 1.90 bits per heavy atom. The van der Waals surface area contributed by atoms with Crippen LogP contribution in [0.1, 0.15) is 16.1 Å². The van der Waals surface area contributed by atoms with Crippen LogP contribution in [-0.4, -0.2) is 22.9 Å². The van der Waals surface area contributed by atoms with E-state index in [-0.39, 0.29) is 18.1 Å². The Hall–Kier alpha value is -2.76. The zero-order chi connectivity index (χ0) is 14.5. The number of rotatable bonds is 5. The minimum Gasteiger partial charge on any atom is -0.491 e. The van der Waals surface area contributed by atoms with Crippen LogP contribution in [0.4, 0.5) is 0 Å². The molecule has 20 heavy (non-hydrogen) atoms. The predicted molar refractivity (Wildman–Crippen MR) is 70.9 cm³/mol. The second kappa shape index (κ2) is 5.92. The van der Waals surface area contributed by atoms with Crippen LogP contribution in [0.15, 0.2) is 47.3 Å². The van der Waals surface area contributed by atoms with E-state index in [0.717, 1.165) is 10.3 Å². The largest absolute Gasteiger partial charge is 0.491 e. The molecule has 1 aromatic carbocycles. The van der Waals surface area contributed by atoms with Crippen molar-refractivity contribution in [3.8, 4) is 5.75 Å². The van der Waals surface area contributed by atoms with Crippen molar-refractivity contribution in [1.82, 2.24) is 4.73 Å². The average molecular weight is 275 g/mol. The Kier molecular flexibility index (Phi) is 4.05. The van der Waals surface area contributed by atoms with Crippen LogP contribution in [0.3, 0.4) is 0 Å². The highest BCUT2D eigenvalue weighted by molar-refractivity contribution is 5.85. The van der Waals surface area contributed by atoms with Gasteiger partial charge in [-0.1, -0.05) is 30.3 Å². The van der Waals surface area contributed by atoms with Crippen molar-refractivity contribution >= 4 is 5.97 Å². The van der Waals surface area contributed by atoms with Crippen LogP contribution in [0.2, 0.25) is 0 Å². The van der Waals surface area contributed by atoms with Crippen molar-refractivity contribution in [1.29, 1.82) is 0 Å². The quantitative estimate of drug-likeness (QED) is 0.886. The van der Waals surface area contributed by atoms with E-state index in [9.17, 15) is 9.59 Å². The number of hydrogen-bond donors (Lipinski definition) is 1. The minimum atomic E-state index is -1.25. The van der Waals surface area contributed by atoms with Crippen LogP contribution in [-0.2, 0) is 6.61 Å². The Labute approximate surface area is 114 Å². The third kappa shape index (κ3) is 2.80. The van der Waals surface area contributed by atoms with Crippen LogP contribution in [0.5, 0.6) is 5.75 Å². The van der Waals surface area contributed by atoms with E-state index >= 15 is 0 Å². The van der Waals surface area contributed by atoms with Gasteiger partial charge in [-0.05, 0) is 17.7 Å². The Bertz CT molecular complexity index is 663. The van der Waals surface area contributed by atoms with Crippen molar-refractivity contribution in [2.24, 2.45) is 0 Å². The summed E-state index contributed by atoms with van der Waals surface area (Å²) >= 11 is 0. The summed E-state index contributed by atoms with van der Waals surface area (Å²) in [6.07, 6.45) is 0. The van der Waals surface area contributed by atoms with E-state index in [1.54, 1.807) is 0 Å². The number of nitrogens with zero attached hydrogens (tertiary/aromatic N) is 1. The SMILES string of the molecule is COc1ccc(C(=O)O)n(OCc2ccccc2)c1=O. The van der Waals surface area contributed by atoms with Gasteiger partial charge in [0.05, 0.1) is 7.11 Å². The number of methoxy groups -OCH3 is 1. The van der Waals surface area contributed by atoms with E-state index in [4.69, 9.17) is 14.7 Å². The predicted octanol–water partition coefficient (Wildman–Crippen LogP) is 1.18. The third-order valence-corrected chi connectivity index (χ3v) is 2.65. The Morgan fingerprint density at radius 3 is 2.50 bits per heavy atom. The van der Waals surface area contributed by atoms with Gasteiger partial charge < -0.3 is 14.7 Å². The molecule has 0 saturated heterocycles. The first-order chi connectivity index (χ1) is 9.63. The van der Waals surface area contributed by atoms with Crippen molar-refractivity contribution < 1.29 is 19.5 Å². The summed E-state index contributed by atoms with van der Waals surface area (Å²) in [5, 5.41) is 9.07. The highest BCUT2D eigenvalue weighted by atomic mass is 16.7. The first-order valence-corrected chi connectivity index (χ1v) is 5.84. The zero-order valence-electron chi connectivity index (χ0n) is 10.8.